The molecule has 0 aliphatic heterocycles. The van der Waals surface area contributed by atoms with Crippen molar-refractivity contribution in [2.75, 3.05) is 18.1 Å². The number of aliphatic hydroxyl groups is 1. The molecular formula is C13H19NOS. The minimum atomic E-state index is 0.253. The van der Waals surface area contributed by atoms with E-state index in [1.165, 1.54) is 0 Å². The smallest absolute Gasteiger partial charge is 0.0587 e. The van der Waals surface area contributed by atoms with E-state index in [-0.39, 0.29) is 6.61 Å². The quantitative estimate of drug-likeness (QED) is 0.584. The lowest BCUT2D eigenvalue weighted by molar-refractivity contribution is 0.322. The van der Waals surface area contributed by atoms with Crippen LogP contribution in [0.15, 0.2) is 35.3 Å². The molecule has 0 amide bonds. The highest BCUT2D eigenvalue weighted by Crippen LogP contribution is 2.08. The van der Waals surface area contributed by atoms with E-state index >= 15 is 0 Å². The Morgan fingerprint density at radius 2 is 2.12 bits per heavy atom. The van der Waals surface area contributed by atoms with Gasteiger partial charge >= 0.3 is 0 Å². The zero-order chi connectivity index (χ0) is 11.6. The third kappa shape index (κ3) is 5.33. The van der Waals surface area contributed by atoms with Gasteiger partial charge in [-0.25, -0.2) is 0 Å². The van der Waals surface area contributed by atoms with Crippen LogP contribution in [0, 0.1) is 0 Å². The fourth-order valence-corrected chi connectivity index (χ4v) is 2.17. The maximum atomic E-state index is 8.70. The van der Waals surface area contributed by atoms with Crippen LogP contribution in [-0.4, -0.2) is 35.5 Å². The molecule has 1 aromatic rings. The first kappa shape index (κ1) is 13.3. The molecule has 0 bridgehead atoms. The van der Waals surface area contributed by atoms with Gasteiger partial charge in [0.05, 0.1) is 12.6 Å². The van der Waals surface area contributed by atoms with Crippen molar-refractivity contribution in [3.63, 3.8) is 0 Å². The maximum Gasteiger partial charge on any atom is 0.0587 e. The number of hydrogen-bond acceptors (Lipinski definition) is 3. The van der Waals surface area contributed by atoms with Crippen LogP contribution in [0.1, 0.15) is 18.9 Å². The monoisotopic (exact) mass is 237 g/mol. The Balaban J connectivity index is 2.40. The Morgan fingerprint density at radius 1 is 1.38 bits per heavy atom. The van der Waals surface area contributed by atoms with Crippen molar-refractivity contribution in [1.29, 1.82) is 0 Å². The number of benzene rings is 1. The second-order valence-electron chi connectivity index (χ2n) is 3.55. The van der Waals surface area contributed by atoms with Crippen LogP contribution < -0.4 is 0 Å². The second-order valence-corrected chi connectivity index (χ2v) is 4.70. The van der Waals surface area contributed by atoms with Crippen molar-refractivity contribution in [1.82, 2.24) is 0 Å². The molecule has 0 saturated heterocycles. The summed E-state index contributed by atoms with van der Waals surface area (Å²) < 4.78 is 0. The van der Waals surface area contributed by atoms with Gasteiger partial charge in [-0.1, -0.05) is 37.3 Å². The molecule has 0 aliphatic rings. The van der Waals surface area contributed by atoms with Gasteiger partial charge in [0.25, 0.3) is 0 Å². The summed E-state index contributed by atoms with van der Waals surface area (Å²) in [5, 5.41) is 8.70. The van der Waals surface area contributed by atoms with Crippen molar-refractivity contribution in [2.24, 2.45) is 4.99 Å². The van der Waals surface area contributed by atoms with Crippen LogP contribution in [-0.2, 0) is 0 Å². The second kappa shape index (κ2) is 8.36. The summed E-state index contributed by atoms with van der Waals surface area (Å²) in [6.07, 6.45) is 2.98. The van der Waals surface area contributed by atoms with E-state index < -0.39 is 0 Å². The van der Waals surface area contributed by atoms with Crippen molar-refractivity contribution in [3.8, 4) is 0 Å². The molecule has 0 fully saturated rings. The summed E-state index contributed by atoms with van der Waals surface area (Å²) in [4.78, 5) is 4.56. The highest BCUT2D eigenvalue weighted by atomic mass is 32.2. The largest absolute Gasteiger partial charge is 0.396 e. The Bertz CT molecular complexity index is 300. The Hall–Kier alpha value is -0.800. The maximum absolute atomic E-state index is 8.70. The molecule has 3 heteroatoms. The van der Waals surface area contributed by atoms with Crippen LogP contribution in [0.3, 0.4) is 0 Å². The normalized spacial score (nSPS) is 13.1. The predicted molar refractivity (Wildman–Crippen MR) is 72.5 cm³/mol. The Labute approximate surface area is 102 Å². The third-order valence-electron chi connectivity index (χ3n) is 2.25. The van der Waals surface area contributed by atoms with E-state index in [1.54, 1.807) is 11.8 Å². The highest BCUT2D eigenvalue weighted by molar-refractivity contribution is 7.99. The van der Waals surface area contributed by atoms with Gasteiger partial charge in [-0.3, -0.25) is 4.99 Å². The molecule has 0 heterocycles. The van der Waals surface area contributed by atoms with E-state index in [1.807, 2.05) is 24.4 Å². The number of hydrogen-bond donors (Lipinski definition) is 1. The average Bonchev–Trinajstić information content (AvgIpc) is 2.35. The first-order chi connectivity index (χ1) is 7.86. The SMILES string of the molecule is CCC(CSCCO)N=Cc1ccccc1. The molecule has 1 aromatic carbocycles. The molecule has 88 valence electrons. The van der Waals surface area contributed by atoms with Crippen LogP contribution in [0.5, 0.6) is 0 Å². The van der Waals surface area contributed by atoms with Gasteiger partial charge in [0.1, 0.15) is 0 Å². The summed E-state index contributed by atoms with van der Waals surface area (Å²) >= 11 is 1.76. The first-order valence-electron chi connectivity index (χ1n) is 5.63. The number of aliphatic imine (C=N–C) groups is 1. The van der Waals surface area contributed by atoms with Gasteiger partial charge in [-0.2, -0.15) is 11.8 Å². The van der Waals surface area contributed by atoms with Crippen LogP contribution in [0.4, 0.5) is 0 Å². The zero-order valence-electron chi connectivity index (χ0n) is 9.67. The zero-order valence-corrected chi connectivity index (χ0v) is 10.5. The lowest BCUT2D eigenvalue weighted by atomic mass is 10.2. The molecule has 1 unspecified atom stereocenters. The minimum absolute atomic E-state index is 0.253. The Morgan fingerprint density at radius 3 is 2.75 bits per heavy atom. The summed E-state index contributed by atoms with van der Waals surface area (Å²) in [6, 6.07) is 10.5. The molecule has 0 spiro atoms. The molecule has 1 atom stereocenters. The summed E-state index contributed by atoms with van der Waals surface area (Å²) in [5.41, 5.74) is 1.15. The van der Waals surface area contributed by atoms with Gasteiger partial charge in [-0.05, 0) is 12.0 Å². The highest BCUT2D eigenvalue weighted by Gasteiger charge is 2.02. The molecule has 0 aliphatic carbocycles. The van der Waals surface area contributed by atoms with Gasteiger partial charge in [0.15, 0.2) is 0 Å². The van der Waals surface area contributed by atoms with E-state index in [9.17, 15) is 0 Å². The number of thioether (sulfide) groups is 1. The molecule has 0 radical (unpaired) electrons. The first-order valence-corrected chi connectivity index (χ1v) is 6.79. The topological polar surface area (TPSA) is 32.6 Å². The van der Waals surface area contributed by atoms with Gasteiger partial charge in [-0.15, -0.1) is 0 Å². The summed E-state index contributed by atoms with van der Waals surface area (Å²) in [5.74, 6) is 1.79. The molecule has 0 aromatic heterocycles. The van der Waals surface area contributed by atoms with Gasteiger partial charge < -0.3 is 5.11 Å². The summed E-state index contributed by atoms with van der Waals surface area (Å²) in [6.45, 7) is 2.40. The third-order valence-corrected chi connectivity index (χ3v) is 3.34. The van der Waals surface area contributed by atoms with Crippen molar-refractivity contribution in [3.05, 3.63) is 35.9 Å². The van der Waals surface area contributed by atoms with Gasteiger partial charge in [0.2, 0.25) is 0 Å². The molecular weight excluding hydrogens is 218 g/mol. The molecule has 0 saturated carbocycles. The lowest BCUT2D eigenvalue weighted by Crippen LogP contribution is -2.08. The minimum Gasteiger partial charge on any atom is -0.396 e. The van der Waals surface area contributed by atoms with Crippen molar-refractivity contribution in [2.45, 2.75) is 19.4 Å². The molecule has 2 nitrogen and oxygen atoms in total. The summed E-state index contributed by atoms with van der Waals surface area (Å²) in [7, 11) is 0. The number of nitrogens with zero attached hydrogens (tertiary/aromatic N) is 1. The van der Waals surface area contributed by atoms with Crippen molar-refractivity contribution < 1.29 is 5.11 Å². The number of rotatable bonds is 7. The van der Waals surface area contributed by atoms with E-state index in [0.29, 0.717) is 6.04 Å². The van der Waals surface area contributed by atoms with Crippen LogP contribution in [0.2, 0.25) is 0 Å². The average molecular weight is 237 g/mol. The molecule has 1 N–H and O–H groups in total. The molecule has 16 heavy (non-hydrogen) atoms. The van der Waals surface area contributed by atoms with Gasteiger partial charge in [0, 0.05) is 17.7 Å². The fourth-order valence-electron chi connectivity index (χ4n) is 1.28. The molecule has 1 rings (SSSR count). The fraction of sp³-hybridized carbons (Fsp3) is 0.462. The lowest BCUT2D eigenvalue weighted by Gasteiger charge is -2.08. The van der Waals surface area contributed by atoms with E-state index in [4.69, 9.17) is 5.11 Å². The Kier molecular flexibility index (Phi) is 6.93. The van der Waals surface area contributed by atoms with E-state index in [0.717, 1.165) is 23.5 Å². The van der Waals surface area contributed by atoms with Crippen LogP contribution >= 0.6 is 11.8 Å². The van der Waals surface area contributed by atoms with Crippen LogP contribution in [0.25, 0.3) is 0 Å². The van der Waals surface area contributed by atoms with E-state index in [2.05, 4.69) is 24.0 Å². The number of aliphatic hydroxyl groups excluding tert-OH is 1. The van der Waals surface area contributed by atoms with Crippen molar-refractivity contribution >= 4 is 18.0 Å². The standard InChI is InChI=1S/C13H19NOS/c1-2-13(11-16-9-8-15)14-10-12-6-4-3-5-7-12/h3-7,10,13,15H,2,8-9,11H2,1H3. The predicted octanol–water partition coefficient (Wildman–Crippen LogP) is 2.61.